The molecule has 0 spiro atoms. The van der Waals surface area contributed by atoms with Crippen molar-refractivity contribution >= 4 is 15.9 Å². The molecule has 0 aliphatic carbocycles. The van der Waals surface area contributed by atoms with Crippen molar-refractivity contribution in [2.45, 2.75) is 19.4 Å². The Morgan fingerprint density at radius 2 is 2.28 bits per heavy atom. The minimum atomic E-state index is -0.00613. The van der Waals surface area contributed by atoms with Crippen molar-refractivity contribution in [1.82, 2.24) is 9.55 Å². The van der Waals surface area contributed by atoms with Gasteiger partial charge in [-0.2, -0.15) is 0 Å². The van der Waals surface area contributed by atoms with Gasteiger partial charge in [-0.1, -0.05) is 6.92 Å². The van der Waals surface area contributed by atoms with Gasteiger partial charge < -0.3 is 15.0 Å². The van der Waals surface area contributed by atoms with E-state index < -0.39 is 0 Å². The van der Waals surface area contributed by atoms with Crippen molar-refractivity contribution in [3.8, 4) is 11.4 Å². The van der Waals surface area contributed by atoms with Crippen LogP contribution in [0.2, 0.25) is 0 Å². The number of ether oxygens (including phenoxy) is 1. The van der Waals surface area contributed by atoms with Crippen molar-refractivity contribution in [3.63, 3.8) is 0 Å². The highest BCUT2D eigenvalue weighted by Gasteiger charge is 2.11. The van der Waals surface area contributed by atoms with Crippen LogP contribution in [0.5, 0.6) is 5.75 Å². The summed E-state index contributed by atoms with van der Waals surface area (Å²) in [4.78, 5) is 4.18. The minimum absolute atomic E-state index is 0.00613. The van der Waals surface area contributed by atoms with E-state index in [-0.39, 0.29) is 6.04 Å². The van der Waals surface area contributed by atoms with E-state index in [0.717, 1.165) is 28.0 Å². The fourth-order valence-corrected chi connectivity index (χ4v) is 2.34. The van der Waals surface area contributed by atoms with Gasteiger partial charge in [0.15, 0.2) is 0 Å². The van der Waals surface area contributed by atoms with Crippen molar-refractivity contribution in [3.05, 3.63) is 40.9 Å². The Labute approximate surface area is 115 Å². The van der Waals surface area contributed by atoms with Crippen LogP contribution >= 0.6 is 15.9 Å². The van der Waals surface area contributed by atoms with E-state index in [4.69, 9.17) is 10.5 Å². The Hall–Kier alpha value is -1.33. The molecule has 1 atom stereocenters. The van der Waals surface area contributed by atoms with Crippen molar-refractivity contribution in [2.75, 3.05) is 7.11 Å². The van der Waals surface area contributed by atoms with Crippen LogP contribution in [-0.4, -0.2) is 16.7 Å². The second kappa shape index (κ2) is 5.54. The number of nitrogens with zero attached hydrogens (tertiary/aromatic N) is 2. The Morgan fingerprint density at radius 3 is 2.89 bits per heavy atom. The summed E-state index contributed by atoms with van der Waals surface area (Å²) < 4.78 is 8.13. The van der Waals surface area contributed by atoms with Gasteiger partial charge in [0.25, 0.3) is 0 Å². The van der Waals surface area contributed by atoms with Crippen LogP contribution in [0.25, 0.3) is 5.69 Å². The van der Waals surface area contributed by atoms with Gasteiger partial charge in [0.05, 0.1) is 29.8 Å². The molecule has 96 valence electrons. The largest absolute Gasteiger partial charge is 0.496 e. The zero-order valence-corrected chi connectivity index (χ0v) is 12.0. The highest BCUT2D eigenvalue weighted by atomic mass is 79.9. The van der Waals surface area contributed by atoms with Crippen molar-refractivity contribution in [1.29, 1.82) is 0 Å². The first-order valence-corrected chi connectivity index (χ1v) is 6.58. The Balaban J connectivity index is 2.43. The summed E-state index contributed by atoms with van der Waals surface area (Å²) in [6, 6.07) is 5.89. The first kappa shape index (κ1) is 13.1. The Bertz CT molecular complexity index is 539. The molecule has 0 bridgehead atoms. The SMILES string of the molecule is CC[C@@H](N)c1cncn1-c1ccc(OC)c(Br)c1. The predicted octanol–water partition coefficient (Wildman–Crippen LogP) is 3.05. The summed E-state index contributed by atoms with van der Waals surface area (Å²) in [5, 5.41) is 0. The molecule has 0 fully saturated rings. The van der Waals surface area contributed by atoms with Crippen molar-refractivity contribution < 1.29 is 4.74 Å². The fraction of sp³-hybridized carbons (Fsp3) is 0.308. The lowest BCUT2D eigenvalue weighted by molar-refractivity contribution is 0.412. The number of nitrogens with two attached hydrogens (primary N) is 1. The standard InChI is InChI=1S/C13H16BrN3O/c1-3-11(15)12-7-16-8-17(12)9-4-5-13(18-2)10(14)6-9/h4-8,11H,3,15H2,1-2H3/t11-/m1/s1. The monoisotopic (exact) mass is 309 g/mol. The van der Waals surface area contributed by atoms with Crippen LogP contribution in [0.1, 0.15) is 25.1 Å². The molecule has 1 aromatic heterocycles. The number of hydrogen-bond donors (Lipinski definition) is 1. The van der Waals surface area contributed by atoms with Gasteiger partial charge in [0.2, 0.25) is 0 Å². The summed E-state index contributed by atoms with van der Waals surface area (Å²) in [5.74, 6) is 0.806. The molecule has 2 rings (SSSR count). The lowest BCUT2D eigenvalue weighted by Gasteiger charge is -2.14. The molecule has 0 unspecified atom stereocenters. The van der Waals surface area contributed by atoms with Crippen LogP contribution in [0, 0.1) is 0 Å². The average molecular weight is 310 g/mol. The van der Waals surface area contributed by atoms with Crippen molar-refractivity contribution in [2.24, 2.45) is 5.73 Å². The van der Waals surface area contributed by atoms with Gasteiger partial charge in [-0.25, -0.2) is 4.98 Å². The van der Waals surface area contributed by atoms with E-state index in [0.29, 0.717) is 0 Å². The number of rotatable bonds is 4. The zero-order valence-electron chi connectivity index (χ0n) is 10.4. The second-order valence-corrected chi connectivity index (χ2v) is 4.88. The fourth-order valence-electron chi connectivity index (χ4n) is 1.81. The topological polar surface area (TPSA) is 53.1 Å². The number of aromatic nitrogens is 2. The third-order valence-electron chi connectivity index (χ3n) is 2.90. The first-order valence-electron chi connectivity index (χ1n) is 5.79. The van der Waals surface area contributed by atoms with E-state index in [1.807, 2.05) is 29.0 Å². The molecule has 0 amide bonds. The summed E-state index contributed by atoms with van der Waals surface area (Å²) in [6.45, 7) is 2.06. The summed E-state index contributed by atoms with van der Waals surface area (Å²) in [7, 11) is 1.65. The van der Waals surface area contributed by atoms with Crippen LogP contribution in [0.4, 0.5) is 0 Å². The number of methoxy groups -OCH3 is 1. The quantitative estimate of drug-likeness (QED) is 0.944. The molecule has 0 saturated carbocycles. The van der Waals surface area contributed by atoms with Gasteiger partial charge in [-0.3, -0.25) is 0 Å². The molecule has 0 saturated heterocycles. The molecule has 2 N–H and O–H groups in total. The van der Waals surface area contributed by atoms with E-state index in [2.05, 4.69) is 27.8 Å². The maximum absolute atomic E-state index is 6.07. The van der Waals surface area contributed by atoms with Crippen LogP contribution in [-0.2, 0) is 0 Å². The molecular formula is C13H16BrN3O. The first-order chi connectivity index (χ1) is 8.67. The molecule has 0 aliphatic rings. The summed E-state index contributed by atoms with van der Waals surface area (Å²) in [6.07, 6.45) is 4.47. The number of hydrogen-bond acceptors (Lipinski definition) is 3. The predicted molar refractivity (Wildman–Crippen MR) is 75.0 cm³/mol. The zero-order chi connectivity index (χ0) is 13.1. The molecule has 0 radical (unpaired) electrons. The minimum Gasteiger partial charge on any atom is -0.496 e. The van der Waals surface area contributed by atoms with E-state index in [1.165, 1.54) is 0 Å². The van der Waals surface area contributed by atoms with Crippen LogP contribution in [0.15, 0.2) is 35.2 Å². The van der Waals surface area contributed by atoms with Gasteiger partial charge >= 0.3 is 0 Å². The molecule has 18 heavy (non-hydrogen) atoms. The molecular weight excluding hydrogens is 294 g/mol. The van der Waals surface area contributed by atoms with Crippen LogP contribution in [0.3, 0.4) is 0 Å². The molecule has 5 heteroatoms. The number of benzene rings is 1. The highest BCUT2D eigenvalue weighted by Crippen LogP contribution is 2.28. The average Bonchev–Trinajstić information content (AvgIpc) is 2.86. The smallest absolute Gasteiger partial charge is 0.133 e. The molecule has 0 aliphatic heterocycles. The van der Waals surface area contributed by atoms with Gasteiger partial charge in [-0.05, 0) is 40.5 Å². The summed E-state index contributed by atoms with van der Waals surface area (Å²) >= 11 is 3.48. The second-order valence-electron chi connectivity index (χ2n) is 4.02. The lowest BCUT2D eigenvalue weighted by Crippen LogP contribution is -2.13. The number of halogens is 1. The van der Waals surface area contributed by atoms with E-state index in [1.54, 1.807) is 13.4 Å². The van der Waals surface area contributed by atoms with Gasteiger partial charge in [0.1, 0.15) is 5.75 Å². The number of imidazole rings is 1. The summed E-state index contributed by atoms with van der Waals surface area (Å²) in [5.41, 5.74) is 8.10. The Morgan fingerprint density at radius 1 is 1.50 bits per heavy atom. The van der Waals surface area contributed by atoms with Gasteiger partial charge in [0, 0.05) is 11.7 Å². The van der Waals surface area contributed by atoms with Crippen LogP contribution < -0.4 is 10.5 Å². The molecule has 2 aromatic rings. The highest BCUT2D eigenvalue weighted by molar-refractivity contribution is 9.10. The molecule has 4 nitrogen and oxygen atoms in total. The third-order valence-corrected chi connectivity index (χ3v) is 3.52. The normalized spacial score (nSPS) is 12.4. The Kier molecular flexibility index (Phi) is 4.04. The molecule has 1 heterocycles. The maximum atomic E-state index is 6.07. The third kappa shape index (κ3) is 2.42. The molecule has 1 aromatic carbocycles. The van der Waals surface area contributed by atoms with E-state index in [9.17, 15) is 0 Å². The van der Waals surface area contributed by atoms with E-state index >= 15 is 0 Å². The lowest BCUT2D eigenvalue weighted by atomic mass is 10.2. The van der Waals surface area contributed by atoms with Gasteiger partial charge in [-0.15, -0.1) is 0 Å². The maximum Gasteiger partial charge on any atom is 0.133 e.